The monoisotopic (exact) mass is 518 g/mol. The lowest BCUT2D eigenvalue weighted by molar-refractivity contribution is -0.114. The van der Waals surface area contributed by atoms with E-state index in [1.807, 2.05) is 27.7 Å². The van der Waals surface area contributed by atoms with E-state index in [0.29, 0.717) is 5.57 Å². The van der Waals surface area contributed by atoms with Gasteiger partial charge in [-0.3, -0.25) is 4.79 Å². The predicted molar refractivity (Wildman–Crippen MR) is 171 cm³/mol. The smallest absolute Gasteiger partial charge is 0.244 e. The first-order chi connectivity index (χ1) is 17.8. The number of hydrogen-bond acceptors (Lipinski definition) is 3. The van der Waals surface area contributed by atoms with Crippen LogP contribution in [0, 0.1) is 0 Å². The van der Waals surface area contributed by atoms with Crippen molar-refractivity contribution in [1.29, 1.82) is 0 Å². The van der Waals surface area contributed by atoms with E-state index in [1.54, 1.807) is 6.92 Å². The number of carbonyl (C=O) groups excluding carboxylic acids is 1. The zero-order chi connectivity index (χ0) is 29.7. The van der Waals surface area contributed by atoms with E-state index >= 15 is 0 Å². The standard InChI is InChI=1S/C16H27N.C8H11NO2.C5H12.2C2H6/c1-4-5-6-7-8-9-10-11-12-13-14-15-16-17(2)3;1-3-7(10)5-4-6(2)8(9)11;1-3-5-4-2;2*1-2/h5-6,8-9,11-12,14-15H,4,7,10,13,16H2,1-3H3;3-5,10H,1H2,2H3,(H2,9,11);3-5H2,1-2H3;2*1-2H3/b6-5-,9-8-,12-11-,15-14-;6-4+,7-5+;;;. The molecule has 0 unspecified atom stereocenters. The Labute approximate surface area is 232 Å². The highest BCUT2D eigenvalue weighted by Gasteiger charge is 1.93. The summed E-state index contributed by atoms with van der Waals surface area (Å²) in [5.41, 5.74) is 5.31. The highest BCUT2D eigenvalue weighted by atomic mass is 16.3. The van der Waals surface area contributed by atoms with Crippen LogP contribution >= 0.6 is 0 Å². The second-order valence-electron chi connectivity index (χ2n) is 7.63. The van der Waals surface area contributed by atoms with Crippen LogP contribution in [0.25, 0.3) is 0 Å². The number of aliphatic hydroxyl groups excluding tert-OH is 1. The Kier molecular flexibility index (Phi) is 52.2. The quantitative estimate of drug-likeness (QED) is 0.104. The number of nitrogens with two attached hydrogens (primary N) is 1. The summed E-state index contributed by atoms with van der Waals surface area (Å²) in [6.45, 7) is 20.5. The normalized spacial score (nSPS) is 11.3. The lowest BCUT2D eigenvalue weighted by atomic mass is 10.2. The fourth-order valence-corrected chi connectivity index (χ4v) is 1.98. The van der Waals surface area contributed by atoms with Gasteiger partial charge in [0.25, 0.3) is 0 Å². The number of nitrogens with zero attached hydrogens (tertiary/aromatic N) is 1. The third-order valence-electron chi connectivity index (χ3n) is 4.00. The van der Waals surface area contributed by atoms with Gasteiger partial charge in [-0.1, -0.05) is 129 Å². The Hall–Kier alpha value is -2.59. The molecule has 4 heteroatoms. The molecule has 0 rings (SSSR count). The molecule has 0 aromatic carbocycles. The molecule has 0 aliphatic rings. The van der Waals surface area contributed by atoms with Crippen LogP contribution < -0.4 is 5.73 Å². The second-order valence-corrected chi connectivity index (χ2v) is 7.63. The summed E-state index contributed by atoms with van der Waals surface area (Å²) in [5, 5.41) is 8.83. The SMILES string of the molecule is C=C/C(O)=C\C=C(/C)C(N)=O.CC.CC.CC/C=C\C/C=C\C/C=C\C/C=C\CN(C)C.CCCCC. The minimum absolute atomic E-state index is 0.00519. The highest BCUT2D eigenvalue weighted by molar-refractivity contribution is 5.91. The van der Waals surface area contributed by atoms with Crippen LogP contribution in [0.1, 0.15) is 100 Å². The maximum absolute atomic E-state index is 10.4. The fraction of sp³-hybridized carbons (Fsp3) is 0.545. The molecule has 0 radical (unpaired) electrons. The average molecular weight is 519 g/mol. The van der Waals surface area contributed by atoms with Crippen molar-refractivity contribution in [3.05, 3.63) is 84.7 Å². The highest BCUT2D eigenvalue weighted by Crippen LogP contribution is 1.95. The summed E-state index contributed by atoms with van der Waals surface area (Å²) >= 11 is 0. The van der Waals surface area contributed by atoms with E-state index < -0.39 is 5.91 Å². The van der Waals surface area contributed by atoms with Crippen molar-refractivity contribution in [2.75, 3.05) is 20.6 Å². The number of aliphatic hydroxyl groups is 1. The van der Waals surface area contributed by atoms with Crippen molar-refractivity contribution in [3.63, 3.8) is 0 Å². The average Bonchev–Trinajstić information content (AvgIpc) is 2.91. The molecule has 0 saturated carbocycles. The van der Waals surface area contributed by atoms with Crippen molar-refractivity contribution in [2.24, 2.45) is 5.73 Å². The zero-order valence-corrected chi connectivity index (χ0v) is 26.1. The summed E-state index contributed by atoms with van der Waals surface area (Å²) in [4.78, 5) is 12.6. The molecule has 0 aliphatic heterocycles. The molecule has 0 fully saturated rings. The topological polar surface area (TPSA) is 66.6 Å². The van der Waals surface area contributed by atoms with Crippen molar-refractivity contribution in [3.8, 4) is 0 Å². The zero-order valence-electron chi connectivity index (χ0n) is 26.1. The molecule has 4 nitrogen and oxygen atoms in total. The molecular formula is C33H62N2O2. The lowest BCUT2D eigenvalue weighted by Gasteiger charge is -2.02. The van der Waals surface area contributed by atoms with Gasteiger partial charge in [0, 0.05) is 12.1 Å². The molecule has 3 N–H and O–H groups in total. The molecule has 0 saturated heterocycles. The van der Waals surface area contributed by atoms with Crippen LogP contribution in [0.3, 0.4) is 0 Å². The molecule has 0 bridgehead atoms. The number of likely N-dealkylation sites (N-methyl/N-ethyl adjacent to an activating group) is 1. The van der Waals surface area contributed by atoms with Gasteiger partial charge in [0.15, 0.2) is 0 Å². The number of hydrogen-bond donors (Lipinski definition) is 2. The van der Waals surface area contributed by atoms with E-state index in [2.05, 4.69) is 95.0 Å². The van der Waals surface area contributed by atoms with Crippen molar-refractivity contribution in [1.82, 2.24) is 4.90 Å². The minimum atomic E-state index is -0.502. The molecule has 1 amide bonds. The summed E-state index contributed by atoms with van der Waals surface area (Å²) < 4.78 is 0. The van der Waals surface area contributed by atoms with Crippen molar-refractivity contribution < 1.29 is 9.90 Å². The van der Waals surface area contributed by atoms with Crippen LogP contribution in [0.15, 0.2) is 84.7 Å². The van der Waals surface area contributed by atoms with E-state index in [9.17, 15) is 4.79 Å². The Bertz CT molecular complexity index is 635. The van der Waals surface area contributed by atoms with Crippen molar-refractivity contribution in [2.45, 2.75) is 100 Å². The van der Waals surface area contributed by atoms with E-state index in [0.717, 1.165) is 32.2 Å². The first kappa shape index (κ1) is 44.4. The molecule has 0 aliphatic carbocycles. The molecule has 0 aromatic rings. The number of carbonyl (C=O) groups is 1. The van der Waals surface area contributed by atoms with Gasteiger partial charge >= 0.3 is 0 Å². The lowest BCUT2D eigenvalue weighted by Crippen LogP contribution is -2.11. The van der Waals surface area contributed by atoms with E-state index in [4.69, 9.17) is 10.8 Å². The maximum Gasteiger partial charge on any atom is 0.244 e. The van der Waals surface area contributed by atoms with Gasteiger partial charge in [-0.15, -0.1) is 0 Å². The van der Waals surface area contributed by atoms with Gasteiger partial charge in [-0.25, -0.2) is 0 Å². The summed E-state index contributed by atoms with van der Waals surface area (Å²) in [6, 6.07) is 0. The molecule has 0 heterocycles. The van der Waals surface area contributed by atoms with Gasteiger partial charge in [0.05, 0.1) is 0 Å². The number of primary amides is 1. The van der Waals surface area contributed by atoms with E-state index in [1.165, 1.54) is 37.5 Å². The fourth-order valence-electron chi connectivity index (χ4n) is 1.98. The van der Waals surface area contributed by atoms with Gasteiger partial charge in [-0.2, -0.15) is 0 Å². The first-order valence-corrected chi connectivity index (χ1v) is 14.0. The Morgan fingerprint density at radius 3 is 1.49 bits per heavy atom. The summed E-state index contributed by atoms with van der Waals surface area (Å²) in [7, 11) is 4.16. The third-order valence-corrected chi connectivity index (χ3v) is 4.00. The third kappa shape index (κ3) is 55.3. The summed E-state index contributed by atoms with van der Waals surface area (Å²) in [5.74, 6) is -0.497. The molecule has 37 heavy (non-hydrogen) atoms. The predicted octanol–water partition coefficient (Wildman–Crippen LogP) is 9.65. The van der Waals surface area contributed by atoms with Gasteiger partial charge in [0.2, 0.25) is 5.91 Å². The minimum Gasteiger partial charge on any atom is -0.508 e. The maximum atomic E-state index is 10.4. The number of amides is 1. The van der Waals surface area contributed by atoms with Crippen molar-refractivity contribution >= 4 is 5.91 Å². The van der Waals surface area contributed by atoms with Gasteiger partial charge in [0.1, 0.15) is 5.76 Å². The molecule has 0 aromatic heterocycles. The van der Waals surface area contributed by atoms with Crippen LogP contribution in [-0.2, 0) is 4.79 Å². The van der Waals surface area contributed by atoms with Crippen LogP contribution in [0.4, 0.5) is 0 Å². The summed E-state index contributed by atoms with van der Waals surface area (Å²) in [6.07, 6.45) is 30.1. The first-order valence-electron chi connectivity index (χ1n) is 14.0. The number of allylic oxidation sites excluding steroid dienone is 10. The van der Waals surface area contributed by atoms with Crippen LogP contribution in [0.5, 0.6) is 0 Å². The van der Waals surface area contributed by atoms with Crippen LogP contribution in [0.2, 0.25) is 0 Å². The number of unbranched alkanes of at least 4 members (excludes halogenated alkanes) is 2. The molecular weight excluding hydrogens is 456 g/mol. The molecule has 0 spiro atoms. The molecule has 0 atom stereocenters. The van der Waals surface area contributed by atoms with Crippen LogP contribution in [-0.4, -0.2) is 36.6 Å². The second kappa shape index (κ2) is 43.5. The Morgan fingerprint density at radius 1 is 0.784 bits per heavy atom. The molecule has 216 valence electrons. The van der Waals surface area contributed by atoms with E-state index in [-0.39, 0.29) is 5.76 Å². The van der Waals surface area contributed by atoms with Gasteiger partial charge < -0.3 is 15.7 Å². The Balaban J connectivity index is -0.000000146. The largest absolute Gasteiger partial charge is 0.508 e. The van der Waals surface area contributed by atoms with Gasteiger partial charge in [-0.05, 0) is 58.9 Å². The Morgan fingerprint density at radius 2 is 1.19 bits per heavy atom. The number of rotatable bonds is 14.